The summed E-state index contributed by atoms with van der Waals surface area (Å²) in [5.74, 6) is 0.559. The van der Waals surface area contributed by atoms with Crippen molar-refractivity contribution < 1.29 is 8.42 Å². The van der Waals surface area contributed by atoms with E-state index in [2.05, 4.69) is 0 Å². The standard InChI is InChI=1S/C14H18N2O2S/c17-19(18)15(10-11-8-9-11)13-6-1-2-7-14(13)16(19)12-4-3-5-12/h1-2,6-7,11-12H,3-5,8-10H2. The minimum absolute atomic E-state index is 0.176. The summed E-state index contributed by atoms with van der Waals surface area (Å²) in [7, 11) is -3.34. The zero-order valence-electron chi connectivity index (χ0n) is 10.8. The molecule has 19 heavy (non-hydrogen) atoms. The first-order valence-corrected chi connectivity index (χ1v) is 8.49. The molecule has 5 heteroatoms. The van der Waals surface area contributed by atoms with Crippen LogP contribution >= 0.6 is 0 Å². The third-order valence-electron chi connectivity index (χ3n) is 4.44. The summed E-state index contributed by atoms with van der Waals surface area (Å²) < 4.78 is 28.9. The lowest BCUT2D eigenvalue weighted by Gasteiger charge is -2.35. The highest BCUT2D eigenvalue weighted by atomic mass is 32.2. The fourth-order valence-corrected chi connectivity index (χ4v) is 4.95. The van der Waals surface area contributed by atoms with E-state index in [9.17, 15) is 8.42 Å². The molecule has 1 aromatic rings. The quantitative estimate of drug-likeness (QED) is 0.852. The number of rotatable bonds is 3. The molecule has 4 rings (SSSR count). The maximum Gasteiger partial charge on any atom is 0.326 e. The predicted molar refractivity (Wildman–Crippen MR) is 75.5 cm³/mol. The first-order chi connectivity index (χ1) is 9.18. The highest BCUT2D eigenvalue weighted by Crippen LogP contribution is 2.46. The van der Waals surface area contributed by atoms with Crippen LogP contribution in [0.2, 0.25) is 0 Å². The highest BCUT2D eigenvalue weighted by molar-refractivity contribution is 7.94. The molecule has 3 aliphatic rings. The Bertz CT molecular complexity index is 606. The summed E-state index contributed by atoms with van der Waals surface area (Å²) in [4.78, 5) is 0. The van der Waals surface area contributed by atoms with Crippen molar-refractivity contribution >= 4 is 21.6 Å². The molecule has 0 amide bonds. The third kappa shape index (κ3) is 1.67. The first-order valence-electron chi connectivity index (χ1n) is 7.09. The van der Waals surface area contributed by atoms with E-state index in [1.54, 1.807) is 8.61 Å². The van der Waals surface area contributed by atoms with Gasteiger partial charge in [-0.2, -0.15) is 8.42 Å². The zero-order chi connectivity index (χ0) is 13.0. The molecule has 102 valence electrons. The van der Waals surface area contributed by atoms with Crippen LogP contribution < -0.4 is 8.61 Å². The van der Waals surface area contributed by atoms with E-state index in [4.69, 9.17) is 0 Å². The lowest BCUT2D eigenvalue weighted by Crippen LogP contribution is -2.47. The van der Waals surface area contributed by atoms with Crippen molar-refractivity contribution in [2.24, 2.45) is 5.92 Å². The van der Waals surface area contributed by atoms with Gasteiger partial charge in [0.25, 0.3) is 0 Å². The van der Waals surface area contributed by atoms with Crippen LogP contribution in [0.15, 0.2) is 24.3 Å². The van der Waals surface area contributed by atoms with E-state index in [0.29, 0.717) is 12.5 Å². The van der Waals surface area contributed by atoms with Gasteiger partial charge in [-0.1, -0.05) is 12.1 Å². The molecular weight excluding hydrogens is 260 g/mol. The van der Waals surface area contributed by atoms with Crippen LogP contribution in [-0.2, 0) is 10.2 Å². The van der Waals surface area contributed by atoms with Gasteiger partial charge in [-0.25, -0.2) is 4.31 Å². The predicted octanol–water partition coefficient (Wildman–Crippen LogP) is 2.52. The summed E-state index contributed by atoms with van der Waals surface area (Å²) in [6.45, 7) is 0.655. The van der Waals surface area contributed by atoms with Crippen molar-refractivity contribution in [3.8, 4) is 0 Å². The van der Waals surface area contributed by atoms with Crippen LogP contribution in [0.25, 0.3) is 0 Å². The highest BCUT2D eigenvalue weighted by Gasteiger charge is 2.46. The van der Waals surface area contributed by atoms with E-state index in [-0.39, 0.29) is 6.04 Å². The molecule has 0 bridgehead atoms. The average Bonchev–Trinajstić information content (AvgIpc) is 3.11. The van der Waals surface area contributed by atoms with Gasteiger partial charge in [-0.05, 0) is 50.2 Å². The van der Waals surface area contributed by atoms with Gasteiger partial charge in [0.1, 0.15) is 0 Å². The molecular formula is C14H18N2O2S. The van der Waals surface area contributed by atoms with E-state index >= 15 is 0 Å². The second kappa shape index (κ2) is 3.88. The number of hydrogen-bond acceptors (Lipinski definition) is 2. The van der Waals surface area contributed by atoms with Crippen molar-refractivity contribution in [1.29, 1.82) is 0 Å². The van der Waals surface area contributed by atoms with Gasteiger partial charge in [0, 0.05) is 12.6 Å². The number of hydrogen-bond donors (Lipinski definition) is 0. The van der Waals surface area contributed by atoms with Crippen molar-refractivity contribution in [3.05, 3.63) is 24.3 Å². The van der Waals surface area contributed by atoms with Crippen LogP contribution in [0.1, 0.15) is 32.1 Å². The Morgan fingerprint density at radius 3 is 2.32 bits per heavy atom. The molecule has 2 aliphatic carbocycles. The third-order valence-corrected chi connectivity index (χ3v) is 6.34. The molecule has 0 atom stereocenters. The molecule has 4 nitrogen and oxygen atoms in total. The first kappa shape index (κ1) is 11.6. The Morgan fingerprint density at radius 2 is 1.74 bits per heavy atom. The second-order valence-electron chi connectivity index (χ2n) is 5.85. The fourth-order valence-electron chi connectivity index (χ4n) is 2.95. The van der Waals surface area contributed by atoms with Gasteiger partial charge >= 0.3 is 10.2 Å². The molecule has 0 N–H and O–H groups in total. The van der Waals surface area contributed by atoms with Crippen LogP contribution in [0, 0.1) is 5.92 Å². The molecule has 0 radical (unpaired) electrons. The van der Waals surface area contributed by atoms with Crippen molar-refractivity contribution in [1.82, 2.24) is 0 Å². The number of nitrogens with zero attached hydrogens (tertiary/aromatic N) is 2. The van der Waals surface area contributed by atoms with Crippen LogP contribution in [0.5, 0.6) is 0 Å². The SMILES string of the molecule is O=S1(=O)N(CC2CC2)c2ccccc2N1C1CCC1. The number of benzene rings is 1. The Balaban J connectivity index is 1.79. The van der Waals surface area contributed by atoms with Gasteiger partial charge in [-0.3, -0.25) is 4.31 Å². The molecule has 1 aromatic carbocycles. The van der Waals surface area contributed by atoms with E-state index in [0.717, 1.165) is 43.5 Å². The second-order valence-corrected chi connectivity index (χ2v) is 7.58. The van der Waals surface area contributed by atoms with Gasteiger partial charge < -0.3 is 0 Å². The minimum Gasteiger partial charge on any atom is -0.251 e. The summed E-state index contributed by atoms with van der Waals surface area (Å²) in [6.07, 6.45) is 5.45. The summed E-state index contributed by atoms with van der Waals surface area (Å²) >= 11 is 0. The number of anilines is 2. The number of para-hydroxylation sites is 2. The van der Waals surface area contributed by atoms with Crippen molar-refractivity contribution in [2.45, 2.75) is 38.1 Å². The molecule has 1 heterocycles. The molecule has 0 saturated heterocycles. The van der Waals surface area contributed by atoms with Crippen LogP contribution in [0.3, 0.4) is 0 Å². The fraction of sp³-hybridized carbons (Fsp3) is 0.571. The van der Waals surface area contributed by atoms with Crippen molar-refractivity contribution in [3.63, 3.8) is 0 Å². The summed E-state index contributed by atoms with van der Waals surface area (Å²) in [5.41, 5.74) is 1.76. The minimum atomic E-state index is -3.34. The van der Waals surface area contributed by atoms with Crippen molar-refractivity contribution in [2.75, 3.05) is 15.2 Å². The van der Waals surface area contributed by atoms with Crippen LogP contribution in [-0.4, -0.2) is 21.0 Å². The largest absolute Gasteiger partial charge is 0.326 e. The Kier molecular flexibility index (Phi) is 2.37. The molecule has 0 spiro atoms. The lowest BCUT2D eigenvalue weighted by atomic mass is 9.93. The molecule has 2 fully saturated rings. The van der Waals surface area contributed by atoms with Gasteiger partial charge in [0.2, 0.25) is 0 Å². The van der Waals surface area contributed by atoms with Gasteiger partial charge in [0.05, 0.1) is 11.4 Å². The molecule has 0 unspecified atom stereocenters. The number of fused-ring (bicyclic) bond motifs is 1. The molecule has 2 saturated carbocycles. The lowest BCUT2D eigenvalue weighted by molar-refractivity contribution is 0.416. The Labute approximate surface area is 114 Å². The zero-order valence-corrected chi connectivity index (χ0v) is 11.6. The summed E-state index contributed by atoms with van der Waals surface area (Å²) in [5, 5.41) is 0. The normalized spacial score (nSPS) is 25.3. The smallest absolute Gasteiger partial charge is 0.251 e. The monoisotopic (exact) mass is 278 g/mol. The maximum absolute atomic E-state index is 12.8. The average molecular weight is 278 g/mol. The van der Waals surface area contributed by atoms with E-state index in [1.165, 1.54) is 0 Å². The molecule has 0 aromatic heterocycles. The Morgan fingerprint density at radius 1 is 1.05 bits per heavy atom. The topological polar surface area (TPSA) is 40.6 Å². The Hall–Kier alpha value is -1.23. The summed E-state index contributed by atoms with van der Waals surface area (Å²) in [6, 6.07) is 7.92. The van der Waals surface area contributed by atoms with Gasteiger partial charge in [0.15, 0.2) is 0 Å². The van der Waals surface area contributed by atoms with E-state index < -0.39 is 10.2 Å². The van der Waals surface area contributed by atoms with E-state index in [1.807, 2.05) is 24.3 Å². The maximum atomic E-state index is 12.8. The van der Waals surface area contributed by atoms with Gasteiger partial charge in [-0.15, -0.1) is 0 Å². The van der Waals surface area contributed by atoms with Crippen LogP contribution in [0.4, 0.5) is 11.4 Å². The molecule has 1 aliphatic heterocycles.